The number of carbonyl (C=O) groups is 2. The highest BCUT2D eigenvalue weighted by Crippen LogP contribution is 2.34. The lowest BCUT2D eigenvalue weighted by atomic mass is 9.82. The molecule has 0 aliphatic heterocycles. The van der Waals surface area contributed by atoms with Gasteiger partial charge in [0.1, 0.15) is 10.6 Å². The van der Waals surface area contributed by atoms with Crippen LogP contribution in [-0.4, -0.2) is 44.3 Å². The summed E-state index contributed by atoms with van der Waals surface area (Å²) in [5.74, 6) is 0.480. The van der Waals surface area contributed by atoms with Crippen molar-refractivity contribution >= 4 is 39.4 Å². The van der Waals surface area contributed by atoms with Crippen molar-refractivity contribution in [2.24, 2.45) is 11.8 Å². The summed E-state index contributed by atoms with van der Waals surface area (Å²) in [4.78, 5) is 37.3. The van der Waals surface area contributed by atoms with Crippen LogP contribution in [0.2, 0.25) is 0 Å². The number of aromatic nitrogens is 4. The van der Waals surface area contributed by atoms with Crippen molar-refractivity contribution in [1.29, 1.82) is 0 Å². The number of rotatable bonds is 7. The normalized spacial score (nSPS) is 17.6. The summed E-state index contributed by atoms with van der Waals surface area (Å²) >= 11 is 1.59. The van der Waals surface area contributed by atoms with Gasteiger partial charge in [-0.05, 0) is 88.8 Å². The first-order valence-electron chi connectivity index (χ1n) is 13.3. The van der Waals surface area contributed by atoms with Crippen LogP contribution in [-0.2, 0) is 9.53 Å². The van der Waals surface area contributed by atoms with Gasteiger partial charge in [-0.2, -0.15) is 0 Å². The first-order chi connectivity index (χ1) is 18.4. The summed E-state index contributed by atoms with van der Waals surface area (Å²) in [6, 6.07) is 11.6. The zero-order chi connectivity index (χ0) is 26.8. The standard InChI is InChI=1S/C29H33N5O3S/c1-5-37-29(36)23-17-33(32-26(23)34(18(2)3)28(35)21-10-8-19(4)9-11-21)22-14-12-20(13-15-22)27-31-25-24(38-27)7-6-16-30-25/h6-7,12-19,21H,5,8-11H2,1-4H3. The molecule has 5 rings (SSSR count). The van der Waals surface area contributed by atoms with Crippen LogP contribution in [0, 0.1) is 11.8 Å². The van der Waals surface area contributed by atoms with Crippen LogP contribution in [0.3, 0.4) is 0 Å². The van der Waals surface area contributed by atoms with Gasteiger partial charge in [0, 0.05) is 29.9 Å². The van der Waals surface area contributed by atoms with Gasteiger partial charge in [-0.25, -0.2) is 19.4 Å². The Labute approximate surface area is 226 Å². The van der Waals surface area contributed by atoms with Crippen LogP contribution in [0.4, 0.5) is 5.82 Å². The third-order valence-electron chi connectivity index (χ3n) is 7.08. The van der Waals surface area contributed by atoms with E-state index in [4.69, 9.17) is 9.84 Å². The maximum absolute atomic E-state index is 13.7. The molecule has 1 aromatic carbocycles. The molecule has 8 nitrogen and oxygen atoms in total. The van der Waals surface area contributed by atoms with Gasteiger partial charge in [0.05, 0.1) is 17.0 Å². The Morgan fingerprint density at radius 2 is 1.87 bits per heavy atom. The van der Waals surface area contributed by atoms with Crippen molar-refractivity contribution in [2.75, 3.05) is 11.5 Å². The summed E-state index contributed by atoms with van der Waals surface area (Å²) < 4.78 is 8.03. The Bertz CT molecular complexity index is 1400. The highest BCUT2D eigenvalue weighted by molar-refractivity contribution is 7.21. The summed E-state index contributed by atoms with van der Waals surface area (Å²) in [6.45, 7) is 8.16. The van der Waals surface area contributed by atoms with Crippen LogP contribution in [0.25, 0.3) is 26.6 Å². The molecule has 0 unspecified atom stereocenters. The summed E-state index contributed by atoms with van der Waals surface area (Å²) in [5.41, 5.74) is 2.77. The van der Waals surface area contributed by atoms with Gasteiger partial charge in [-0.3, -0.25) is 9.69 Å². The maximum Gasteiger partial charge on any atom is 0.343 e. The topological polar surface area (TPSA) is 90.2 Å². The van der Waals surface area contributed by atoms with E-state index in [1.54, 1.807) is 40.2 Å². The van der Waals surface area contributed by atoms with Gasteiger partial charge < -0.3 is 4.74 Å². The van der Waals surface area contributed by atoms with Crippen LogP contribution < -0.4 is 4.90 Å². The first-order valence-corrected chi connectivity index (χ1v) is 14.1. The Balaban J connectivity index is 1.48. The van der Waals surface area contributed by atoms with E-state index in [1.165, 1.54) is 0 Å². The average molecular weight is 532 g/mol. The Hall–Kier alpha value is -3.59. The van der Waals surface area contributed by atoms with Gasteiger partial charge in [-0.15, -0.1) is 16.4 Å². The number of hydrogen-bond donors (Lipinski definition) is 0. The Morgan fingerprint density at radius 3 is 2.53 bits per heavy atom. The maximum atomic E-state index is 13.7. The fourth-order valence-corrected chi connectivity index (χ4v) is 5.91. The van der Waals surface area contributed by atoms with Gasteiger partial charge in [-0.1, -0.05) is 6.92 Å². The lowest BCUT2D eigenvalue weighted by Gasteiger charge is -2.32. The van der Waals surface area contributed by atoms with Crippen LogP contribution >= 0.6 is 11.3 Å². The molecule has 3 aromatic heterocycles. The van der Waals surface area contributed by atoms with Crippen molar-refractivity contribution in [3.05, 3.63) is 54.4 Å². The molecular formula is C29H33N5O3S. The van der Waals surface area contributed by atoms with Gasteiger partial charge >= 0.3 is 5.97 Å². The van der Waals surface area contributed by atoms with Crippen molar-refractivity contribution in [3.63, 3.8) is 0 Å². The smallest absolute Gasteiger partial charge is 0.343 e. The third-order valence-corrected chi connectivity index (χ3v) is 8.14. The fourth-order valence-electron chi connectivity index (χ4n) is 4.98. The Kier molecular flexibility index (Phi) is 7.56. The fraction of sp³-hybridized carbons (Fsp3) is 0.414. The summed E-state index contributed by atoms with van der Waals surface area (Å²) in [5, 5.41) is 5.66. The molecule has 38 heavy (non-hydrogen) atoms. The molecule has 0 atom stereocenters. The molecule has 0 saturated heterocycles. The van der Waals surface area contributed by atoms with Crippen molar-refractivity contribution in [3.8, 4) is 16.3 Å². The number of anilines is 1. The number of hydrogen-bond acceptors (Lipinski definition) is 7. The number of amides is 1. The minimum Gasteiger partial charge on any atom is -0.462 e. The van der Waals surface area contributed by atoms with Crippen LogP contribution in [0.5, 0.6) is 0 Å². The number of ether oxygens (including phenoxy) is 1. The average Bonchev–Trinajstić information content (AvgIpc) is 3.54. The minimum absolute atomic E-state index is 0.0301. The third kappa shape index (κ3) is 5.20. The summed E-state index contributed by atoms with van der Waals surface area (Å²) in [6.07, 6.45) is 7.21. The quantitative estimate of drug-likeness (QED) is 0.260. The molecule has 9 heteroatoms. The van der Waals surface area contributed by atoms with E-state index in [0.717, 1.165) is 52.3 Å². The number of nitrogens with zero attached hydrogens (tertiary/aromatic N) is 5. The monoisotopic (exact) mass is 531 g/mol. The number of thiazole rings is 1. The SMILES string of the molecule is CCOC(=O)c1cn(-c2ccc(-c3nc4ncccc4s3)cc2)nc1N(C(=O)C1CCC(C)CC1)C(C)C. The van der Waals surface area contributed by atoms with E-state index >= 15 is 0 Å². The molecule has 0 radical (unpaired) electrons. The number of esters is 1. The predicted molar refractivity (Wildman–Crippen MR) is 150 cm³/mol. The van der Waals surface area contributed by atoms with Gasteiger partial charge in [0.15, 0.2) is 11.5 Å². The number of benzene rings is 1. The number of pyridine rings is 1. The van der Waals surface area contributed by atoms with Crippen molar-refractivity contribution in [2.45, 2.75) is 59.4 Å². The van der Waals surface area contributed by atoms with Crippen molar-refractivity contribution < 1.29 is 14.3 Å². The van der Waals surface area contributed by atoms with Crippen molar-refractivity contribution in [1.82, 2.24) is 19.7 Å². The molecule has 1 amide bonds. The highest BCUT2D eigenvalue weighted by Gasteiger charge is 2.34. The molecular weight excluding hydrogens is 498 g/mol. The van der Waals surface area contributed by atoms with Gasteiger partial charge in [0.25, 0.3) is 0 Å². The minimum atomic E-state index is -0.483. The molecule has 198 valence electrons. The highest BCUT2D eigenvalue weighted by atomic mass is 32.1. The molecule has 1 fully saturated rings. The second-order valence-corrected chi connectivity index (χ2v) is 11.2. The van der Waals surface area contributed by atoms with E-state index in [0.29, 0.717) is 17.3 Å². The number of fused-ring (bicyclic) bond motifs is 1. The van der Waals surface area contributed by atoms with E-state index in [9.17, 15) is 9.59 Å². The molecule has 0 N–H and O–H groups in total. The number of carbonyl (C=O) groups excluding carboxylic acids is 2. The van der Waals surface area contributed by atoms with E-state index in [2.05, 4.69) is 16.9 Å². The van der Waals surface area contributed by atoms with Crippen LogP contribution in [0.1, 0.15) is 63.7 Å². The van der Waals surface area contributed by atoms with E-state index in [1.807, 2.05) is 50.2 Å². The zero-order valence-electron chi connectivity index (χ0n) is 22.3. The largest absolute Gasteiger partial charge is 0.462 e. The second-order valence-electron chi connectivity index (χ2n) is 10.2. The van der Waals surface area contributed by atoms with E-state index < -0.39 is 5.97 Å². The Morgan fingerprint density at radius 1 is 1.13 bits per heavy atom. The molecule has 3 heterocycles. The zero-order valence-corrected chi connectivity index (χ0v) is 23.1. The second kappa shape index (κ2) is 11.0. The lowest BCUT2D eigenvalue weighted by molar-refractivity contribution is -0.124. The molecule has 4 aromatic rings. The molecule has 0 spiro atoms. The first kappa shape index (κ1) is 26.0. The van der Waals surface area contributed by atoms with Crippen LogP contribution in [0.15, 0.2) is 48.8 Å². The predicted octanol–water partition coefficient (Wildman–Crippen LogP) is 6.29. The lowest BCUT2D eigenvalue weighted by Crippen LogP contribution is -2.43. The van der Waals surface area contributed by atoms with Gasteiger partial charge in [0.2, 0.25) is 5.91 Å². The molecule has 1 aliphatic rings. The molecule has 1 aliphatic carbocycles. The molecule has 0 bridgehead atoms. The van der Waals surface area contributed by atoms with E-state index in [-0.39, 0.29) is 24.5 Å². The molecule has 1 saturated carbocycles. The summed E-state index contributed by atoms with van der Waals surface area (Å²) in [7, 11) is 0.